The van der Waals surface area contributed by atoms with Crippen molar-refractivity contribution in [3.63, 3.8) is 0 Å². The van der Waals surface area contributed by atoms with E-state index in [-0.39, 0.29) is 76.6 Å². The van der Waals surface area contributed by atoms with Crippen molar-refractivity contribution >= 4 is 13.6 Å². The molecule has 3 aromatic rings. The Hall–Kier alpha value is -0.720. The molecule has 0 unspecified atom stereocenters. The van der Waals surface area contributed by atoms with Crippen LogP contribution in [0.15, 0.2) is 72.8 Å². The maximum atomic E-state index is 12.4. The van der Waals surface area contributed by atoms with Crippen LogP contribution < -0.4 is 73.4 Å². The summed E-state index contributed by atoms with van der Waals surface area (Å²) in [4.78, 5) is 35.0. The van der Waals surface area contributed by atoms with Gasteiger partial charge in [0.05, 0.1) is 0 Å². The number of carbonyl (C=O) groups is 1. The number of hydrogen-bond acceptors (Lipinski definition) is 5. The first kappa shape index (κ1) is 29.3. The van der Waals surface area contributed by atoms with Crippen molar-refractivity contribution in [2.24, 2.45) is 0 Å². The van der Waals surface area contributed by atoms with Crippen molar-refractivity contribution in [1.82, 2.24) is 0 Å². The van der Waals surface area contributed by atoms with Crippen LogP contribution in [0.1, 0.15) is 47.7 Å². The second-order valence-corrected chi connectivity index (χ2v) is 8.48. The number of aryl methyl sites for hydroxylation is 1. The van der Waals surface area contributed by atoms with Gasteiger partial charge in [0.2, 0.25) is 0 Å². The van der Waals surface area contributed by atoms with Gasteiger partial charge >= 0.3 is 59.1 Å². The van der Waals surface area contributed by atoms with E-state index in [4.69, 9.17) is 4.52 Å². The molecule has 0 aliphatic heterocycles. The Morgan fingerprint density at radius 2 is 1.53 bits per heavy atom. The maximum absolute atomic E-state index is 12.4. The van der Waals surface area contributed by atoms with Gasteiger partial charge in [-0.2, -0.15) is 0 Å². The van der Waals surface area contributed by atoms with Crippen LogP contribution in [0.5, 0.6) is 5.75 Å². The Morgan fingerprint density at radius 3 is 2.16 bits per heavy atom. The van der Waals surface area contributed by atoms with Crippen molar-refractivity contribution in [3.8, 4) is 16.9 Å². The molecule has 0 bridgehead atoms. The van der Waals surface area contributed by atoms with E-state index in [0.29, 0.717) is 24.0 Å². The topological polar surface area (TPSA) is 89.5 Å². The Bertz CT molecular complexity index is 1080. The van der Waals surface area contributed by atoms with Crippen LogP contribution in [-0.2, 0) is 11.0 Å². The Balaban J connectivity index is 0.00000256. The standard InChI is InChI=1S/C24H25O5P.2Na/c1-17(2)20-10-6-7-11-21(20)22-16-18(13-15-24(22)29-30(26,27)28)12-14-23(25)19-8-4-3-5-9-19;;/h3-11,13,15-17H,12,14H2,1-2H3,(H2,26,27,28);;/q;2*+1/p-2. The molecule has 0 atom stereocenters. The van der Waals surface area contributed by atoms with Crippen molar-refractivity contribution in [2.75, 3.05) is 0 Å². The molecule has 156 valence electrons. The van der Waals surface area contributed by atoms with Crippen LogP contribution in [0.25, 0.3) is 11.1 Å². The molecular formula is C24H23Na2O5P. The molecule has 0 N–H and O–H groups in total. The molecule has 3 rings (SSSR count). The zero-order valence-electron chi connectivity index (χ0n) is 18.9. The number of carbonyl (C=O) groups excluding carboxylic acids is 1. The molecule has 0 aromatic heterocycles. The number of benzene rings is 3. The quantitative estimate of drug-likeness (QED) is 0.228. The summed E-state index contributed by atoms with van der Waals surface area (Å²) in [7, 11) is -5.21. The van der Waals surface area contributed by atoms with E-state index >= 15 is 0 Å². The van der Waals surface area contributed by atoms with E-state index < -0.39 is 7.82 Å². The average Bonchev–Trinajstić information content (AvgIpc) is 2.72. The molecule has 5 nitrogen and oxygen atoms in total. The van der Waals surface area contributed by atoms with Gasteiger partial charge in [-0.15, -0.1) is 0 Å². The van der Waals surface area contributed by atoms with Crippen molar-refractivity contribution in [2.45, 2.75) is 32.6 Å². The van der Waals surface area contributed by atoms with Crippen molar-refractivity contribution in [3.05, 3.63) is 89.5 Å². The third kappa shape index (κ3) is 8.25. The SMILES string of the molecule is CC(C)c1ccccc1-c1cc(CCC(=O)c2ccccc2)ccc1OP(=O)([O-])[O-].[Na+].[Na+]. The number of ketones is 1. The first-order valence-electron chi connectivity index (χ1n) is 9.77. The summed E-state index contributed by atoms with van der Waals surface area (Å²) in [6, 6.07) is 21.6. The van der Waals surface area contributed by atoms with Crippen LogP contribution in [0.4, 0.5) is 0 Å². The van der Waals surface area contributed by atoms with Crippen LogP contribution in [0, 0.1) is 0 Å². The summed E-state index contributed by atoms with van der Waals surface area (Å²) in [5.41, 5.74) is 3.84. The van der Waals surface area contributed by atoms with Gasteiger partial charge in [0.15, 0.2) is 5.78 Å². The second kappa shape index (κ2) is 13.2. The maximum Gasteiger partial charge on any atom is 1.00 e. The summed E-state index contributed by atoms with van der Waals surface area (Å²) in [6.07, 6.45) is 0.800. The molecule has 0 radical (unpaired) electrons. The molecule has 0 saturated carbocycles. The zero-order valence-corrected chi connectivity index (χ0v) is 23.8. The molecular weight excluding hydrogens is 445 g/mol. The summed E-state index contributed by atoms with van der Waals surface area (Å²) >= 11 is 0. The third-order valence-corrected chi connectivity index (χ3v) is 5.28. The van der Waals surface area contributed by atoms with E-state index in [9.17, 15) is 19.1 Å². The molecule has 3 aromatic carbocycles. The number of phosphoric ester groups is 1. The molecule has 0 aliphatic carbocycles. The molecule has 0 heterocycles. The van der Waals surface area contributed by atoms with E-state index in [1.165, 1.54) is 6.07 Å². The minimum absolute atomic E-state index is 0. The van der Waals surface area contributed by atoms with Crippen LogP contribution in [0.3, 0.4) is 0 Å². The van der Waals surface area contributed by atoms with E-state index in [0.717, 1.165) is 16.7 Å². The molecule has 0 fully saturated rings. The molecule has 0 spiro atoms. The molecule has 8 heteroatoms. The predicted octanol–water partition coefficient (Wildman–Crippen LogP) is -1.49. The van der Waals surface area contributed by atoms with Gasteiger partial charge in [-0.25, -0.2) is 0 Å². The fraction of sp³-hybridized carbons (Fsp3) is 0.208. The average molecular weight is 468 g/mol. The third-order valence-electron chi connectivity index (χ3n) is 4.86. The summed E-state index contributed by atoms with van der Waals surface area (Å²) in [6.45, 7) is 4.07. The van der Waals surface area contributed by atoms with Crippen LogP contribution in [0.2, 0.25) is 0 Å². The monoisotopic (exact) mass is 468 g/mol. The van der Waals surface area contributed by atoms with Gasteiger partial charge in [-0.3, -0.25) is 4.79 Å². The van der Waals surface area contributed by atoms with Gasteiger partial charge in [0.25, 0.3) is 0 Å². The fourth-order valence-electron chi connectivity index (χ4n) is 3.42. The van der Waals surface area contributed by atoms with Crippen LogP contribution in [-0.4, -0.2) is 5.78 Å². The van der Waals surface area contributed by atoms with Gasteiger partial charge < -0.3 is 18.9 Å². The first-order chi connectivity index (χ1) is 14.2. The minimum Gasteiger partial charge on any atom is -0.780 e. The summed E-state index contributed by atoms with van der Waals surface area (Å²) < 4.78 is 16.0. The van der Waals surface area contributed by atoms with Crippen molar-refractivity contribution in [1.29, 1.82) is 0 Å². The normalized spacial score (nSPS) is 10.8. The van der Waals surface area contributed by atoms with Gasteiger partial charge in [0.1, 0.15) is 13.6 Å². The zero-order chi connectivity index (χ0) is 21.7. The Kier molecular flexibility index (Phi) is 12.1. The number of Topliss-reactive ketones (excluding diaryl/α,β-unsaturated/α-hetero) is 1. The second-order valence-electron chi connectivity index (χ2n) is 7.40. The first-order valence-corrected chi connectivity index (χ1v) is 11.2. The summed E-state index contributed by atoms with van der Waals surface area (Å²) in [5.74, 6) is 0.210. The molecule has 0 amide bonds. The van der Waals surface area contributed by atoms with E-state index in [2.05, 4.69) is 0 Å². The largest absolute Gasteiger partial charge is 1.00 e. The van der Waals surface area contributed by atoms with Crippen molar-refractivity contribution < 1.29 is 82.8 Å². The van der Waals surface area contributed by atoms with Crippen LogP contribution >= 0.6 is 7.82 Å². The van der Waals surface area contributed by atoms with E-state index in [1.807, 2.05) is 56.3 Å². The molecule has 32 heavy (non-hydrogen) atoms. The number of phosphoric acid groups is 1. The van der Waals surface area contributed by atoms with E-state index in [1.54, 1.807) is 24.3 Å². The Morgan fingerprint density at radius 1 is 0.906 bits per heavy atom. The molecule has 0 aliphatic rings. The minimum atomic E-state index is -5.21. The van der Waals surface area contributed by atoms with Gasteiger partial charge in [0, 0.05) is 17.5 Å². The number of hydrogen-bond donors (Lipinski definition) is 0. The molecule has 0 saturated heterocycles. The predicted molar refractivity (Wildman–Crippen MR) is 113 cm³/mol. The van der Waals surface area contributed by atoms with Gasteiger partial charge in [-0.05, 0) is 41.2 Å². The van der Waals surface area contributed by atoms with Gasteiger partial charge in [-0.1, -0.05) is 74.5 Å². The fourth-order valence-corrected chi connectivity index (χ4v) is 3.82. The Labute approximate surface area is 233 Å². The number of rotatable bonds is 8. The summed E-state index contributed by atoms with van der Waals surface area (Å²) in [5, 5.41) is 0. The smallest absolute Gasteiger partial charge is 0.780 e.